The highest BCUT2D eigenvalue weighted by Crippen LogP contribution is 2.44. The number of benzene rings is 2. The second-order valence-electron chi connectivity index (χ2n) is 7.70. The summed E-state index contributed by atoms with van der Waals surface area (Å²) in [6.07, 6.45) is 4.83. The van der Waals surface area contributed by atoms with E-state index < -0.39 is 4.92 Å². The van der Waals surface area contributed by atoms with E-state index in [1.807, 2.05) is 32.9 Å². The fraction of sp³-hybridized carbons (Fsp3) is 0.429. The Balaban J connectivity index is 0.000000161. The summed E-state index contributed by atoms with van der Waals surface area (Å²) in [4.78, 5) is 20.5. The molecule has 2 fully saturated rings. The summed E-state index contributed by atoms with van der Waals surface area (Å²) in [5.74, 6) is 1.24. The number of rotatable bonds is 4. The molecule has 0 aliphatic heterocycles. The Kier molecular flexibility index (Phi) is 5.36. The molecule has 0 unspecified atom stereocenters. The Labute approximate surface area is 163 Å². The van der Waals surface area contributed by atoms with Crippen molar-refractivity contribution in [3.63, 3.8) is 0 Å². The van der Waals surface area contributed by atoms with E-state index in [0.29, 0.717) is 17.5 Å². The maximum Gasteiger partial charge on any atom is 0.292 e. The Morgan fingerprint density at radius 2 is 1.18 bits per heavy atom. The molecular weight excluding hydrogens is 358 g/mol. The molecule has 7 nitrogen and oxygen atoms in total. The van der Waals surface area contributed by atoms with E-state index in [1.165, 1.54) is 42.9 Å². The second kappa shape index (κ2) is 7.58. The molecule has 0 saturated heterocycles. The zero-order chi connectivity index (χ0) is 20.6. The van der Waals surface area contributed by atoms with Crippen molar-refractivity contribution < 1.29 is 9.85 Å². The highest BCUT2D eigenvalue weighted by molar-refractivity contribution is 5.65. The van der Waals surface area contributed by atoms with Gasteiger partial charge >= 0.3 is 0 Å². The highest BCUT2D eigenvalue weighted by Gasteiger charge is 2.28. The molecule has 0 bridgehead atoms. The molecule has 4 rings (SSSR count). The number of nitrogens with two attached hydrogens (primary N) is 1. The summed E-state index contributed by atoms with van der Waals surface area (Å²) in [6, 6.07) is 6.89. The number of hydrogen-bond donors (Lipinski definition) is 1. The molecule has 0 heterocycles. The van der Waals surface area contributed by atoms with Crippen LogP contribution in [0.4, 0.5) is 17.1 Å². The molecule has 0 radical (unpaired) electrons. The predicted molar refractivity (Wildman–Crippen MR) is 109 cm³/mol. The minimum absolute atomic E-state index is 0.0203. The van der Waals surface area contributed by atoms with Gasteiger partial charge in [-0.15, -0.1) is 0 Å². The third-order valence-electron chi connectivity index (χ3n) is 5.76. The number of anilines is 1. The Morgan fingerprint density at radius 1 is 0.750 bits per heavy atom. The standard InChI is InChI=1S/C11H13NO2.C10H12N2O2/c1-7-8(2)11(12(13)14)6-5-10(7)9-3-4-9;1-6-8(7-2-3-7)4-5-9(10(6)11)12(13)14/h5-6,9H,3-4H2,1-2H3;4-5,7H,2-3,11H2,1H3. The van der Waals surface area contributed by atoms with E-state index in [1.54, 1.807) is 6.07 Å². The Bertz CT molecular complexity index is 870. The summed E-state index contributed by atoms with van der Waals surface area (Å²) < 4.78 is 0. The molecule has 2 aliphatic rings. The largest absolute Gasteiger partial charge is 0.393 e. The second-order valence-corrected chi connectivity index (χ2v) is 7.70. The highest BCUT2D eigenvalue weighted by atomic mass is 16.6. The van der Waals surface area contributed by atoms with Crippen molar-refractivity contribution in [2.45, 2.75) is 58.3 Å². The molecule has 148 valence electrons. The Hall–Kier alpha value is -2.96. The van der Waals surface area contributed by atoms with E-state index in [2.05, 4.69) is 0 Å². The molecule has 28 heavy (non-hydrogen) atoms. The molecule has 2 aliphatic carbocycles. The summed E-state index contributed by atoms with van der Waals surface area (Å²) >= 11 is 0. The fourth-order valence-electron chi connectivity index (χ4n) is 3.59. The van der Waals surface area contributed by atoms with Crippen molar-refractivity contribution in [3.8, 4) is 0 Å². The van der Waals surface area contributed by atoms with Gasteiger partial charge in [-0.2, -0.15) is 0 Å². The van der Waals surface area contributed by atoms with Crippen LogP contribution in [0.2, 0.25) is 0 Å². The Morgan fingerprint density at radius 3 is 1.61 bits per heavy atom. The van der Waals surface area contributed by atoms with E-state index in [9.17, 15) is 20.2 Å². The smallest absolute Gasteiger partial charge is 0.292 e. The zero-order valence-electron chi connectivity index (χ0n) is 16.4. The first-order valence-electron chi connectivity index (χ1n) is 9.50. The van der Waals surface area contributed by atoms with Crippen molar-refractivity contribution >= 4 is 17.1 Å². The van der Waals surface area contributed by atoms with Crippen LogP contribution < -0.4 is 5.73 Å². The maximum absolute atomic E-state index is 10.7. The van der Waals surface area contributed by atoms with E-state index in [4.69, 9.17) is 5.73 Å². The summed E-state index contributed by atoms with van der Waals surface area (Å²) in [5.41, 5.74) is 11.6. The van der Waals surface area contributed by atoms with Crippen molar-refractivity contribution in [1.29, 1.82) is 0 Å². The van der Waals surface area contributed by atoms with E-state index >= 15 is 0 Å². The first-order valence-corrected chi connectivity index (χ1v) is 9.50. The lowest BCUT2D eigenvalue weighted by Crippen LogP contribution is -2.00. The molecule has 2 saturated carbocycles. The van der Waals surface area contributed by atoms with Crippen molar-refractivity contribution in [1.82, 2.24) is 0 Å². The summed E-state index contributed by atoms with van der Waals surface area (Å²) in [6.45, 7) is 5.67. The maximum atomic E-state index is 10.7. The molecule has 2 aromatic rings. The van der Waals surface area contributed by atoms with Crippen LogP contribution in [0.25, 0.3) is 0 Å². The average molecular weight is 383 g/mol. The zero-order valence-corrected chi connectivity index (χ0v) is 16.4. The normalized spacial score (nSPS) is 15.5. The molecule has 0 spiro atoms. The van der Waals surface area contributed by atoms with Gasteiger partial charge in [0.15, 0.2) is 0 Å². The van der Waals surface area contributed by atoms with Crippen LogP contribution in [0.3, 0.4) is 0 Å². The van der Waals surface area contributed by atoms with Crippen LogP contribution in [-0.4, -0.2) is 9.85 Å². The van der Waals surface area contributed by atoms with Gasteiger partial charge in [0.25, 0.3) is 11.4 Å². The van der Waals surface area contributed by atoms with Crippen LogP contribution in [0.5, 0.6) is 0 Å². The number of nitro benzene ring substituents is 2. The SMILES string of the molecule is Cc1c(C2CC2)ccc([N+](=O)[O-])c1C.Cc1c(C2CC2)ccc([N+](=O)[O-])c1N. The van der Waals surface area contributed by atoms with Crippen LogP contribution in [0, 0.1) is 41.0 Å². The molecule has 0 atom stereocenters. The summed E-state index contributed by atoms with van der Waals surface area (Å²) in [7, 11) is 0. The number of nitrogens with zero attached hydrogens (tertiary/aromatic N) is 2. The number of nitro groups is 2. The molecule has 7 heteroatoms. The van der Waals surface area contributed by atoms with Crippen molar-refractivity contribution in [3.05, 3.63) is 72.3 Å². The first kappa shape index (κ1) is 19.8. The van der Waals surface area contributed by atoms with Crippen LogP contribution >= 0.6 is 0 Å². The minimum Gasteiger partial charge on any atom is -0.393 e. The molecule has 0 amide bonds. The third kappa shape index (κ3) is 3.98. The summed E-state index contributed by atoms with van der Waals surface area (Å²) in [5, 5.41) is 21.3. The van der Waals surface area contributed by atoms with E-state index in [0.717, 1.165) is 16.7 Å². The van der Waals surface area contributed by atoms with Crippen molar-refractivity contribution in [2.24, 2.45) is 0 Å². The molecule has 2 N–H and O–H groups in total. The quantitative estimate of drug-likeness (QED) is 0.428. The van der Waals surface area contributed by atoms with Gasteiger partial charge in [-0.25, -0.2) is 0 Å². The predicted octanol–water partition coefficient (Wildman–Crippen LogP) is 5.45. The lowest BCUT2D eigenvalue weighted by atomic mass is 9.98. The van der Waals surface area contributed by atoms with Gasteiger partial charge in [0, 0.05) is 17.7 Å². The lowest BCUT2D eigenvalue weighted by molar-refractivity contribution is -0.385. The lowest BCUT2D eigenvalue weighted by Gasteiger charge is -2.07. The topological polar surface area (TPSA) is 112 Å². The number of nitrogen functional groups attached to an aromatic ring is 1. The van der Waals surface area contributed by atoms with Crippen LogP contribution in [-0.2, 0) is 0 Å². The first-order chi connectivity index (χ1) is 13.2. The van der Waals surface area contributed by atoms with Gasteiger partial charge in [-0.05, 0) is 80.5 Å². The van der Waals surface area contributed by atoms with Gasteiger partial charge < -0.3 is 5.73 Å². The van der Waals surface area contributed by atoms with Gasteiger partial charge in [0.05, 0.1) is 9.85 Å². The minimum atomic E-state index is -0.432. The monoisotopic (exact) mass is 383 g/mol. The van der Waals surface area contributed by atoms with E-state index in [-0.39, 0.29) is 16.3 Å². The van der Waals surface area contributed by atoms with Crippen molar-refractivity contribution in [2.75, 3.05) is 5.73 Å². The average Bonchev–Trinajstić information content (AvgIpc) is 3.53. The third-order valence-corrected chi connectivity index (χ3v) is 5.76. The van der Waals surface area contributed by atoms with Gasteiger partial charge in [-0.1, -0.05) is 12.1 Å². The molecular formula is C21H25N3O4. The molecule has 0 aromatic heterocycles. The van der Waals surface area contributed by atoms with Crippen LogP contribution in [0.15, 0.2) is 24.3 Å². The molecule has 2 aromatic carbocycles. The number of hydrogen-bond acceptors (Lipinski definition) is 5. The van der Waals surface area contributed by atoms with Crippen LogP contribution in [0.1, 0.15) is 65.3 Å². The fourth-order valence-corrected chi connectivity index (χ4v) is 3.59. The van der Waals surface area contributed by atoms with Gasteiger partial charge in [0.1, 0.15) is 5.69 Å². The van der Waals surface area contributed by atoms with Gasteiger partial charge in [0.2, 0.25) is 0 Å². The van der Waals surface area contributed by atoms with Gasteiger partial charge in [-0.3, -0.25) is 20.2 Å².